The number of benzene rings is 1. The third-order valence-electron chi connectivity index (χ3n) is 4.12. The molecule has 0 radical (unpaired) electrons. The summed E-state index contributed by atoms with van der Waals surface area (Å²) in [5, 5.41) is 2.75. The van der Waals surface area contributed by atoms with Crippen LogP contribution in [-0.2, 0) is 20.7 Å². The van der Waals surface area contributed by atoms with Gasteiger partial charge in [0.05, 0.1) is 7.11 Å². The molecule has 1 aromatic carbocycles. The molecule has 0 saturated carbocycles. The van der Waals surface area contributed by atoms with Crippen molar-refractivity contribution in [2.24, 2.45) is 5.92 Å². The summed E-state index contributed by atoms with van der Waals surface area (Å²) in [4.78, 5) is 37.6. The maximum atomic E-state index is 12.5. The van der Waals surface area contributed by atoms with Crippen molar-refractivity contribution in [1.29, 1.82) is 0 Å². The van der Waals surface area contributed by atoms with Crippen molar-refractivity contribution < 1.29 is 19.1 Å². The van der Waals surface area contributed by atoms with Crippen molar-refractivity contribution in [3.8, 4) is 0 Å². The van der Waals surface area contributed by atoms with Gasteiger partial charge in [0.25, 0.3) is 5.91 Å². The number of carbonyl (C=O) groups excluding carboxylic acids is 3. The van der Waals surface area contributed by atoms with Gasteiger partial charge in [-0.2, -0.15) is 0 Å². The zero-order valence-corrected chi connectivity index (χ0v) is 14.6. The highest BCUT2D eigenvalue weighted by molar-refractivity contribution is 5.99. The molecule has 24 heavy (non-hydrogen) atoms. The van der Waals surface area contributed by atoms with E-state index in [1.165, 1.54) is 14.0 Å². The number of anilines is 1. The number of fused-ring (bicyclic) bond motifs is 1. The van der Waals surface area contributed by atoms with E-state index in [0.717, 1.165) is 17.7 Å². The minimum atomic E-state index is -0.663. The Kier molecular flexibility index (Phi) is 5.59. The van der Waals surface area contributed by atoms with Gasteiger partial charge in [0.15, 0.2) is 0 Å². The van der Waals surface area contributed by atoms with Crippen molar-refractivity contribution in [2.45, 2.75) is 39.7 Å². The fraction of sp³-hybridized carbons (Fsp3) is 0.500. The average Bonchev–Trinajstić information content (AvgIpc) is 2.96. The predicted octanol–water partition coefficient (Wildman–Crippen LogP) is 1.91. The van der Waals surface area contributed by atoms with Crippen LogP contribution in [0.3, 0.4) is 0 Å². The number of nitrogens with one attached hydrogen (secondary N) is 1. The lowest BCUT2D eigenvalue weighted by Crippen LogP contribution is -2.42. The lowest BCUT2D eigenvalue weighted by atomic mass is 10.0. The molecule has 1 aliphatic rings. The standard InChI is InChI=1S/C18H24N2O4/c1-11(2)9-15(18(23)24-4)19-17(22)14-5-6-16-13(10-14)7-8-20(16)12(3)21/h5-6,10-11,15H,7-9H2,1-4H3,(H,19,22). The molecule has 0 saturated heterocycles. The number of hydrogen-bond donors (Lipinski definition) is 1. The lowest BCUT2D eigenvalue weighted by molar-refractivity contribution is -0.143. The van der Waals surface area contributed by atoms with Crippen LogP contribution in [0.1, 0.15) is 43.1 Å². The van der Waals surface area contributed by atoms with Gasteiger partial charge < -0.3 is 15.0 Å². The van der Waals surface area contributed by atoms with Gasteiger partial charge in [-0.1, -0.05) is 13.8 Å². The minimum absolute atomic E-state index is 0.00589. The molecule has 1 aliphatic heterocycles. The van der Waals surface area contributed by atoms with Crippen LogP contribution in [0, 0.1) is 5.92 Å². The minimum Gasteiger partial charge on any atom is -0.467 e. The number of hydrogen-bond acceptors (Lipinski definition) is 4. The number of ether oxygens (including phenoxy) is 1. The molecule has 1 heterocycles. The first-order valence-corrected chi connectivity index (χ1v) is 8.13. The molecule has 2 amide bonds. The van der Waals surface area contributed by atoms with Crippen LogP contribution in [0.4, 0.5) is 5.69 Å². The SMILES string of the molecule is COC(=O)C(CC(C)C)NC(=O)c1ccc2c(c1)CCN2C(C)=O. The van der Waals surface area contributed by atoms with Crippen molar-refractivity contribution in [3.63, 3.8) is 0 Å². The predicted molar refractivity (Wildman–Crippen MR) is 90.9 cm³/mol. The summed E-state index contributed by atoms with van der Waals surface area (Å²) in [6, 6.07) is 4.59. The van der Waals surface area contributed by atoms with Crippen molar-refractivity contribution in [1.82, 2.24) is 5.32 Å². The van der Waals surface area contributed by atoms with E-state index in [2.05, 4.69) is 5.32 Å². The Bertz CT molecular complexity index is 654. The maximum Gasteiger partial charge on any atom is 0.328 e. The Balaban J connectivity index is 2.15. The number of rotatable bonds is 5. The fourth-order valence-corrected chi connectivity index (χ4v) is 2.94. The molecule has 130 valence electrons. The molecular weight excluding hydrogens is 308 g/mol. The molecule has 2 rings (SSSR count). The Hall–Kier alpha value is -2.37. The Labute approximate surface area is 142 Å². The highest BCUT2D eigenvalue weighted by atomic mass is 16.5. The first-order chi connectivity index (χ1) is 11.3. The van der Waals surface area contributed by atoms with E-state index in [-0.39, 0.29) is 17.7 Å². The number of amides is 2. The highest BCUT2D eigenvalue weighted by Crippen LogP contribution is 2.28. The van der Waals surface area contributed by atoms with Crippen LogP contribution >= 0.6 is 0 Å². The quantitative estimate of drug-likeness (QED) is 0.836. The smallest absolute Gasteiger partial charge is 0.328 e. The fourth-order valence-electron chi connectivity index (χ4n) is 2.94. The monoisotopic (exact) mass is 332 g/mol. The van der Waals surface area contributed by atoms with Gasteiger partial charge in [0.1, 0.15) is 6.04 Å². The van der Waals surface area contributed by atoms with E-state index in [1.54, 1.807) is 23.1 Å². The molecule has 1 unspecified atom stereocenters. The first kappa shape index (κ1) is 18.0. The maximum absolute atomic E-state index is 12.5. The second-order valence-corrected chi connectivity index (χ2v) is 6.44. The van der Waals surface area contributed by atoms with E-state index in [9.17, 15) is 14.4 Å². The molecule has 0 aliphatic carbocycles. The highest BCUT2D eigenvalue weighted by Gasteiger charge is 2.26. The molecule has 1 aromatic rings. The average molecular weight is 332 g/mol. The van der Waals surface area contributed by atoms with E-state index < -0.39 is 12.0 Å². The van der Waals surface area contributed by atoms with Crippen molar-refractivity contribution in [2.75, 3.05) is 18.6 Å². The van der Waals surface area contributed by atoms with Crippen molar-refractivity contribution in [3.05, 3.63) is 29.3 Å². The molecule has 1 atom stereocenters. The van der Waals surface area contributed by atoms with E-state index in [0.29, 0.717) is 18.5 Å². The normalized spacial score (nSPS) is 14.3. The largest absolute Gasteiger partial charge is 0.467 e. The zero-order valence-electron chi connectivity index (χ0n) is 14.6. The molecule has 0 fully saturated rings. The summed E-state index contributed by atoms with van der Waals surface area (Å²) in [6.07, 6.45) is 1.24. The second-order valence-electron chi connectivity index (χ2n) is 6.44. The van der Waals surface area contributed by atoms with Gasteiger partial charge in [-0.25, -0.2) is 4.79 Å². The van der Waals surface area contributed by atoms with Gasteiger partial charge in [-0.05, 0) is 42.5 Å². The topological polar surface area (TPSA) is 75.7 Å². The number of nitrogens with zero attached hydrogens (tertiary/aromatic N) is 1. The van der Waals surface area contributed by atoms with Crippen LogP contribution in [-0.4, -0.2) is 37.5 Å². The summed E-state index contributed by atoms with van der Waals surface area (Å²) in [5.41, 5.74) is 2.30. The summed E-state index contributed by atoms with van der Waals surface area (Å²) < 4.78 is 4.77. The van der Waals surface area contributed by atoms with Gasteiger partial charge >= 0.3 is 5.97 Å². The number of esters is 1. The molecule has 1 N–H and O–H groups in total. The number of methoxy groups -OCH3 is 1. The lowest BCUT2D eigenvalue weighted by Gasteiger charge is -2.19. The van der Waals surface area contributed by atoms with Crippen LogP contribution < -0.4 is 10.2 Å². The summed E-state index contributed by atoms with van der Waals surface area (Å²) >= 11 is 0. The van der Waals surface area contributed by atoms with E-state index in [4.69, 9.17) is 4.74 Å². The Morgan fingerprint density at radius 1 is 1.29 bits per heavy atom. The molecule has 0 bridgehead atoms. The third-order valence-corrected chi connectivity index (χ3v) is 4.12. The van der Waals surface area contributed by atoms with Crippen LogP contribution in [0.15, 0.2) is 18.2 Å². The van der Waals surface area contributed by atoms with Crippen LogP contribution in [0.2, 0.25) is 0 Å². The van der Waals surface area contributed by atoms with Crippen LogP contribution in [0.25, 0.3) is 0 Å². The number of carbonyl (C=O) groups is 3. The molecule has 6 heteroatoms. The van der Waals surface area contributed by atoms with E-state index in [1.807, 2.05) is 13.8 Å². The van der Waals surface area contributed by atoms with Gasteiger partial charge in [-0.3, -0.25) is 9.59 Å². The molecule has 6 nitrogen and oxygen atoms in total. The van der Waals surface area contributed by atoms with E-state index >= 15 is 0 Å². The summed E-state index contributed by atoms with van der Waals surface area (Å²) in [7, 11) is 1.31. The molecular formula is C18H24N2O4. The second kappa shape index (κ2) is 7.47. The van der Waals surface area contributed by atoms with Gasteiger partial charge in [-0.15, -0.1) is 0 Å². The molecule has 0 spiro atoms. The zero-order chi connectivity index (χ0) is 17.9. The van der Waals surface area contributed by atoms with Crippen molar-refractivity contribution >= 4 is 23.5 Å². The Morgan fingerprint density at radius 3 is 2.58 bits per heavy atom. The van der Waals surface area contributed by atoms with Gasteiger partial charge in [0.2, 0.25) is 5.91 Å². The Morgan fingerprint density at radius 2 is 2.00 bits per heavy atom. The van der Waals surface area contributed by atoms with Crippen LogP contribution in [0.5, 0.6) is 0 Å². The summed E-state index contributed by atoms with van der Waals surface area (Å²) in [6.45, 7) is 6.12. The van der Waals surface area contributed by atoms with Gasteiger partial charge in [0, 0.05) is 24.7 Å². The third kappa shape index (κ3) is 3.93. The first-order valence-electron chi connectivity index (χ1n) is 8.13. The molecule has 0 aromatic heterocycles. The summed E-state index contributed by atoms with van der Waals surface area (Å²) in [5.74, 6) is -0.511.